The van der Waals surface area contributed by atoms with Crippen LogP contribution in [0.5, 0.6) is 0 Å². The van der Waals surface area contributed by atoms with Gasteiger partial charge in [-0.2, -0.15) is 4.31 Å². The number of nitrogens with zero attached hydrogens (tertiary/aromatic N) is 1. The number of hydrogen-bond donors (Lipinski definition) is 9. The monoisotopic (exact) mass is 449 g/mol. The molecule has 3 fully saturated rings. The zero-order chi connectivity index (χ0) is 20.9. The summed E-state index contributed by atoms with van der Waals surface area (Å²) >= 11 is 0. The van der Waals surface area contributed by atoms with Crippen molar-refractivity contribution in [1.82, 2.24) is 20.9 Å². The second-order valence-corrected chi connectivity index (χ2v) is 9.16. The Morgan fingerprint density at radius 3 is 2.57 bits per heavy atom. The van der Waals surface area contributed by atoms with Crippen LogP contribution in [0, 0.1) is 0 Å². The van der Waals surface area contributed by atoms with Crippen LogP contribution in [0.25, 0.3) is 0 Å². The molecule has 0 aromatic carbocycles. The van der Waals surface area contributed by atoms with E-state index < -0.39 is 65.3 Å². The van der Waals surface area contributed by atoms with Crippen LogP contribution in [0.2, 0.25) is 0 Å². The van der Waals surface area contributed by atoms with Crippen molar-refractivity contribution in [2.75, 3.05) is 13.3 Å². The Kier molecular flexibility index (Phi) is 6.28. The summed E-state index contributed by atoms with van der Waals surface area (Å²) in [5, 5.41) is 28.7. The number of nitrogens with two attached hydrogens (primary N) is 1. The van der Waals surface area contributed by atoms with Gasteiger partial charge in [0, 0.05) is 0 Å². The predicted octanol–water partition coefficient (Wildman–Crippen LogP) is -4.82. The minimum atomic E-state index is -5.30. The summed E-state index contributed by atoms with van der Waals surface area (Å²) in [6.45, 7) is -0.727. The van der Waals surface area contributed by atoms with Gasteiger partial charge in [0.25, 0.3) is 0 Å². The number of fused-ring (bicyclic) bond motifs is 1. The largest absolute Gasteiger partial charge is 0.481 e. The third-order valence-corrected chi connectivity index (χ3v) is 6.52. The third kappa shape index (κ3) is 4.77. The van der Waals surface area contributed by atoms with E-state index in [1.807, 2.05) is 0 Å². The topological polar surface area (TPSA) is 245 Å². The molecule has 0 aromatic heterocycles. The molecule has 3 rings (SSSR count). The van der Waals surface area contributed by atoms with E-state index in [0.29, 0.717) is 0 Å². The van der Waals surface area contributed by atoms with Gasteiger partial charge in [-0.25, -0.2) is 14.0 Å². The zero-order valence-corrected chi connectivity index (χ0v) is 15.8. The Morgan fingerprint density at radius 1 is 1.25 bits per heavy atom. The number of nitrogens with one attached hydrogen (secondary N) is 3. The lowest BCUT2D eigenvalue weighted by Crippen LogP contribution is -2.71. The first kappa shape index (κ1) is 22.1. The van der Waals surface area contributed by atoms with Crippen molar-refractivity contribution in [3.05, 3.63) is 0 Å². The van der Waals surface area contributed by atoms with Gasteiger partial charge in [-0.1, -0.05) is 0 Å². The van der Waals surface area contributed by atoms with Crippen molar-refractivity contribution in [2.45, 2.75) is 43.0 Å². The number of ether oxygens (including phenoxy) is 1. The molecule has 10 N–H and O–H groups in total. The van der Waals surface area contributed by atoms with Crippen LogP contribution < -0.4 is 21.7 Å². The highest BCUT2D eigenvalue weighted by molar-refractivity contribution is 7.60. The van der Waals surface area contributed by atoms with Crippen molar-refractivity contribution in [3.63, 3.8) is 0 Å². The Hall–Kier alpha value is -0.550. The Balaban J connectivity index is 1.64. The number of carbonyl (C=O) groups is 1. The molecule has 0 bridgehead atoms. The van der Waals surface area contributed by atoms with Gasteiger partial charge in [-0.15, -0.1) is 0 Å². The molecule has 28 heavy (non-hydrogen) atoms. The van der Waals surface area contributed by atoms with Gasteiger partial charge in [0.2, 0.25) is 5.91 Å². The lowest BCUT2D eigenvalue weighted by Gasteiger charge is -2.37. The Labute approximate surface area is 157 Å². The number of carbonyl (C=O) groups excluding carboxylic acids is 1. The number of aliphatic hydroxyl groups excluding tert-OH is 2. The second kappa shape index (κ2) is 7.94. The van der Waals surface area contributed by atoms with E-state index in [1.165, 1.54) is 4.90 Å². The van der Waals surface area contributed by atoms with Crippen LogP contribution in [-0.2, 0) is 27.5 Å². The lowest BCUT2D eigenvalue weighted by molar-refractivity contribution is -0.133. The number of phosphoric acid groups is 2. The molecular formula is C10H21N5O11P2. The maximum Gasteiger partial charge on any atom is 0.481 e. The first-order valence-electron chi connectivity index (χ1n) is 7.95. The fraction of sp³-hybridized carbons (Fsp3) is 0.900. The Bertz CT molecular complexity index is 707. The van der Waals surface area contributed by atoms with E-state index in [2.05, 4.69) is 24.8 Å². The van der Waals surface area contributed by atoms with Gasteiger partial charge in [-0.05, 0) is 0 Å². The van der Waals surface area contributed by atoms with Crippen molar-refractivity contribution < 1.29 is 52.4 Å². The van der Waals surface area contributed by atoms with Gasteiger partial charge in [0.15, 0.2) is 0 Å². The van der Waals surface area contributed by atoms with E-state index in [-0.39, 0.29) is 12.6 Å². The number of rotatable bonds is 6. The van der Waals surface area contributed by atoms with E-state index >= 15 is 0 Å². The summed E-state index contributed by atoms with van der Waals surface area (Å²) in [5.74, 6) is -0.373. The van der Waals surface area contributed by atoms with Crippen LogP contribution in [0.4, 0.5) is 0 Å². The molecule has 3 heterocycles. The molecule has 1 amide bonds. The number of amides is 1. The first-order chi connectivity index (χ1) is 12.9. The summed E-state index contributed by atoms with van der Waals surface area (Å²) in [4.78, 5) is 39.9. The molecule has 4 unspecified atom stereocenters. The van der Waals surface area contributed by atoms with E-state index in [9.17, 15) is 29.0 Å². The fourth-order valence-electron chi connectivity index (χ4n) is 3.22. The zero-order valence-electron chi connectivity index (χ0n) is 14.1. The first-order valence-corrected chi connectivity index (χ1v) is 11.0. The second-order valence-electron chi connectivity index (χ2n) is 6.33. The average molecular weight is 449 g/mol. The predicted molar refractivity (Wildman–Crippen MR) is 86.3 cm³/mol. The normalized spacial score (nSPS) is 41.5. The number of phosphoric ester groups is 1. The molecular weight excluding hydrogens is 428 g/mol. The van der Waals surface area contributed by atoms with E-state index in [4.69, 9.17) is 20.3 Å². The molecule has 3 aliphatic rings. The average Bonchev–Trinajstić information content (AvgIpc) is 3.06. The minimum absolute atomic E-state index is 0.0876. The smallest absolute Gasteiger partial charge is 0.387 e. The van der Waals surface area contributed by atoms with Crippen LogP contribution >= 0.6 is 15.6 Å². The summed E-state index contributed by atoms with van der Waals surface area (Å²) in [7, 11) is -10.4. The van der Waals surface area contributed by atoms with Crippen LogP contribution in [0.3, 0.4) is 0 Å². The number of hydrogen-bond acceptors (Lipinski definition) is 12. The molecule has 8 atom stereocenters. The van der Waals surface area contributed by atoms with Crippen molar-refractivity contribution >= 4 is 21.6 Å². The van der Waals surface area contributed by atoms with Gasteiger partial charge in [0.05, 0.1) is 19.4 Å². The molecule has 0 spiro atoms. The standard InChI is InChI=1S/C10H21N5O11P2/c11-10-13-7-4(8(18)14-10)12-2-15(7)9-6(17)5(16)3(25-9)1-24-28(22,23)26-27(19,20)21/h3-7,9-10,12-13,16-17H,1-2,11H2,(H,14,18)(H,22,23)(H2,19,20,21)/t3-,4?,5-,6-,7?,9-,10?/m1/s1. The fourth-order valence-corrected chi connectivity index (χ4v) is 4.82. The van der Waals surface area contributed by atoms with Gasteiger partial charge in [0.1, 0.15) is 36.9 Å². The number of aliphatic hydroxyl groups is 2. The van der Waals surface area contributed by atoms with Crippen molar-refractivity contribution in [1.29, 1.82) is 0 Å². The third-order valence-electron chi connectivity index (χ3n) is 4.37. The molecule has 0 aromatic rings. The lowest BCUT2D eigenvalue weighted by atomic mass is 10.1. The highest BCUT2D eigenvalue weighted by atomic mass is 31.3. The van der Waals surface area contributed by atoms with Crippen LogP contribution in [-0.4, -0.2) is 92.0 Å². The maximum atomic E-state index is 12.0. The Morgan fingerprint density at radius 2 is 1.93 bits per heavy atom. The van der Waals surface area contributed by atoms with Gasteiger partial charge in [-0.3, -0.25) is 25.7 Å². The summed E-state index contributed by atoms with van der Waals surface area (Å²) in [6.07, 6.45) is -7.03. The van der Waals surface area contributed by atoms with Gasteiger partial charge < -0.3 is 34.9 Å². The van der Waals surface area contributed by atoms with Crippen LogP contribution in [0.15, 0.2) is 0 Å². The van der Waals surface area contributed by atoms with Gasteiger partial charge >= 0.3 is 15.6 Å². The summed E-state index contributed by atoms with van der Waals surface area (Å²) in [5.41, 5.74) is 5.67. The molecule has 0 saturated carbocycles. The minimum Gasteiger partial charge on any atom is -0.387 e. The molecule has 0 aliphatic carbocycles. The molecule has 162 valence electrons. The molecule has 16 nitrogen and oxygen atoms in total. The van der Waals surface area contributed by atoms with E-state index in [0.717, 1.165) is 0 Å². The molecule has 18 heteroatoms. The molecule has 3 aliphatic heterocycles. The highest BCUT2D eigenvalue weighted by Crippen LogP contribution is 2.57. The van der Waals surface area contributed by atoms with Crippen molar-refractivity contribution in [3.8, 4) is 0 Å². The summed E-state index contributed by atoms with van der Waals surface area (Å²) < 4.78 is 35.7. The van der Waals surface area contributed by atoms with Crippen molar-refractivity contribution in [2.24, 2.45) is 5.73 Å². The molecule has 0 radical (unpaired) electrons. The summed E-state index contributed by atoms with van der Waals surface area (Å²) in [6, 6.07) is -0.697. The van der Waals surface area contributed by atoms with Crippen LogP contribution in [0.1, 0.15) is 0 Å². The highest BCUT2D eigenvalue weighted by Gasteiger charge is 2.53. The maximum absolute atomic E-state index is 12.0. The SMILES string of the molecule is NC1NC(=O)C2NCN([C@@H]3O[C@H](COP(=O)(O)OP(=O)(O)O)[C@@H](O)[C@H]3O)C2N1. The quantitative estimate of drug-likeness (QED) is 0.173. The van der Waals surface area contributed by atoms with E-state index in [1.54, 1.807) is 0 Å². The molecule has 3 saturated heterocycles.